The molecule has 25 heavy (non-hydrogen) atoms. The molecule has 0 saturated carbocycles. The summed E-state index contributed by atoms with van der Waals surface area (Å²) in [6, 6.07) is 6.47. The summed E-state index contributed by atoms with van der Waals surface area (Å²) in [6.45, 7) is 5.98. The van der Waals surface area contributed by atoms with Crippen LogP contribution in [0.25, 0.3) is 0 Å². The number of amides is 1. The maximum Gasteiger partial charge on any atom is 0.240 e. The topological polar surface area (TPSA) is 78.5 Å². The van der Waals surface area contributed by atoms with Gasteiger partial charge in [0.1, 0.15) is 0 Å². The Balaban J connectivity index is 1.65. The molecule has 1 fully saturated rings. The fourth-order valence-corrected chi connectivity index (χ4v) is 4.37. The number of hydrogen-bond donors (Lipinski definition) is 2. The SMILES string of the molecule is CC1CCN(CCNC(=O)CCNS(=O)(=O)c2cccc(Br)c2)CC1. The highest BCUT2D eigenvalue weighted by atomic mass is 79.9. The summed E-state index contributed by atoms with van der Waals surface area (Å²) < 4.78 is 27.4. The third kappa shape index (κ3) is 7.05. The number of halogens is 1. The van der Waals surface area contributed by atoms with E-state index in [2.05, 4.69) is 37.8 Å². The van der Waals surface area contributed by atoms with Crippen LogP contribution in [0.4, 0.5) is 0 Å². The van der Waals surface area contributed by atoms with Crippen molar-refractivity contribution in [3.63, 3.8) is 0 Å². The molecule has 1 heterocycles. The molecule has 0 aromatic heterocycles. The fourth-order valence-electron chi connectivity index (χ4n) is 2.74. The van der Waals surface area contributed by atoms with Gasteiger partial charge in [-0.25, -0.2) is 13.1 Å². The zero-order valence-electron chi connectivity index (χ0n) is 14.5. The molecule has 0 aliphatic carbocycles. The lowest BCUT2D eigenvalue weighted by atomic mass is 9.99. The zero-order chi connectivity index (χ0) is 18.3. The first-order chi connectivity index (χ1) is 11.9. The summed E-state index contributed by atoms with van der Waals surface area (Å²) in [5, 5.41) is 2.85. The Bertz CT molecular complexity index is 673. The van der Waals surface area contributed by atoms with Crippen molar-refractivity contribution in [1.29, 1.82) is 0 Å². The van der Waals surface area contributed by atoms with Gasteiger partial charge < -0.3 is 10.2 Å². The second-order valence-corrected chi connectivity index (χ2v) is 9.16. The van der Waals surface area contributed by atoms with E-state index in [0.717, 1.165) is 25.6 Å². The van der Waals surface area contributed by atoms with Crippen molar-refractivity contribution in [3.8, 4) is 0 Å². The van der Waals surface area contributed by atoms with E-state index in [1.165, 1.54) is 25.0 Å². The largest absolute Gasteiger partial charge is 0.355 e. The maximum atomic E-state index is 12.1. The number of hydrogen-bond acceptors (Lipinski definition) is 4. The van der Waals surface area contributed by atoms with Gasteiger partial charge in [-0.3, -0.25) is 4.79 Å². The average Bonchev–Trinajstić information content (AvgIpc) is 2.56. The Morgan fingerprint density at radius 2 is 2.00 bits per heavy atom. The first kappa shape index (κ1) is 20.4. The van der Waals surface area contributed by atoms with E-state index in [9.17, 15) is 13.2 Å². The lowest BCUT2D eigenvalue weighted by molar-refractivity contribution is -0.121. The minimum absolute atomic E-state index is 0.0852. The van der Waals surface area contributed by atoms with Crippen molar-refractivity contribution in [2.45, 2.75) is 31.1 Å². The number of piperidine rings is 1. The van der Waals surface area contributed by atoms with Gasteiger partial charge in [0.25, 0.3) is 0 Å². The van der Waals surface area contributed by atoms with Gasteiger partial charge in [0.05, 0.1) is 4.90 Å². The molecule has 140 valence electrons. The normalized spacial score (nSPS) is 16.7. The number of carbonyl (C=O) groups excluding carboxylic acids is 1. The third-order valence-electron chi connectivity index (χ3n) is 4.38. The van der Waals surface area contributed by atoms with Crippen LogP contribution in [0.3, 0.4) is 0 Å². The van der Waals surface area contributed by atoms with Crippen molar-refractivity contribution in [3.05, 3.63) is 28.7 Å². The van der Waals surface area contributed by atoms with Crippen LogP contribution in [0.5, 0.6) is 0 Å². The molecule has 1 saturated heterocycles. The van der Waals surface area contributed by atoms with Gasteiger partial charge in [-0.15, -0.1) is 0 Å². The van der Waals surface area contributed by atoms with Gasteiger partial charge in [0, 0.05) is 30.5 Å². The van der Waals surface area contributed by atoms with Crippen LogP contribution in [0.2, 0.25) is 0 Å². The number of sulfonamides is 1. The molecular formula is C17H26BrN3O3S. The Labute approximate surface area is 158 Å². The van der Waals surface area contributed by atoms with E-state index in [0.29, 0.717) is 11.0 Å². The van der Waals surface area contributed by atoms with Crippen molar-refractivity contribution in [2.75, 3.05) is 32.7 Å². The lowest BCUT2D eigenvalue weighted by Crippen LogP contribution is -2.39. The van der Waals surface area contributed by atoms with Gasteiger partial charge in [-0.1, -0.05) is 28.9 Å². The predicted molar refractivity (Wildman–Crippen MR) is 102 cm³/mol. The highest BCUT2D eigenvalue weighted by molar-refractivity contribution is 9.10. The quantitative estimate of drug-likeness (QED) is 0.659. The van der Waals surface area contributed by atoms with E-state index < -0.39 is 10.0 Å². The molecule has 0 unspecified atom stereocenters. The molecule has 2 N–H and O–H groups in total. The number of nitrogens with zero attached hydrogens (tertiary/aromatic N) is 1. The Kier molecular flexibility index (Phi) is 7.86. The molecule has 2 rings (SSSR count). The van der Waals surface area contributed by atoms with Crippen LogP contribution < -0.4 is 10.0 Å². The van der Waals surface area contributed by atoms with Crippen LogP contribution in [-0.2, 0) is 14.8 Å². The zero-order valence-corrected chi connectivity index (χ0v) is 16.9. The number of rotatable bonds is 8. The van der Waals surface area contributed by atoms with Crippen LogP contribution in [0, 0.1) is 5.92 Å². The number of carbonyl (C=O) groups is 1. The molecule has 0 radical (unpaired) electrons. The minimum Gasteiger partial charge on any atom is -0.355 e. The molecular weight excluding hydrogens is 406 g/mol. The molecule has 6 nitrogen and oxygen atoms in total. The Morgan fingerprint density at radius 1 is 1.28 bits per heavy atom. The highest BCUT2D eigenvalue weighted by Gasteiger charge is 2.16. The average molecular weight is 432 g/mol. The molecule has 0 bridgehead atoms. The molecule has 1 aliphatic rings. The van der Waals surface area contributed by atoms with E-state index in [4.69, 9.17) is 0 Å². The van der Waals surface area contributed by atoms with E-state index in [-0.39, 0.29) is 23.8 Å². The Hall–Kier alpha value is -0.960. The summed E-state index contributed by atoms with van der Waals surface area (Å²) in [5.41, 5.74) is 0. The molecule has 0 spiro atoms. The fraction of sp³-hybridized carbons (Fsp3) is 0.588. The van der Waals surface area contributed by atoms with E-state index >= 15 is 0 Å². The minimum atomic E-state index is -3.59. The van der Waals surface area contributed by atoms with Crippen molar-refractivity contribution >= 4 is 31.9 Å². The van der Waals surface area contributed by atoms with Crippen LogP contribution in [0.1, 0.15) is 26.2 Å². The van der Waals surface area contributed by atoms with Crippen molar-refractivity contribution < 1.29 is 13.2 Å². The number of likely N-dealkylation sites (tertiary alicyclic amines) is 1. The summed E-state index contributed by atoms with van der Waals surface area (Å²) in [6.07, 6.45) is 2.56. The van der Waals surface area contributed by atoms with Gasteiger partial charge in [-0.05, 0) is 50.0 Å². The molecule has 1 amide bonds. The van der Waals surface area contributed by atoms with Crippen molar-refractivity contribution in [2.24, 2.45) is 5.92 Å². The first-order valence-corrected chi connectivity index (χ1v) is 10.9. The third-order valence-corrected chi connectivity index (χ3v) is 6.33. The monoisotopic (exact) mass is 431 g/mol. The second kappa shape index (κ2) is 9.66. The smallest absolute Gasteiger partial charge is 0.240 e. The summed E-state index contributed by atoms with van der Waals surface area (Å²) in [4.78, 5) is 14.4. The molecule has 1 aromatic rings. The predicted octanol–water partition coefficient (Wildman–Crippen LogP) is 1.97. The highest BCUT2D eigenvalue weighted by Crippen LogP contribution is 2.16. The molecule has 1 aliphatic heterocycles. The van der Waals surface area contributed by atoms with E-state index in [1.807, 2.05) is 0 Å². The van der Waals surface area contributed by atoms with Crippen LogP contribution in [0.15, 0.2) is 33.6 Å². The standard InChI is InChI=1S/C17H26BrN3O3S/c1-14-6-10-21(11-7-14)12-9-19-17(22)5-8-20-25(23,24)16-4-2-3-15(18)13-16/h2-4,13-14,20H,5-12H2,1H3,(H,19,22). The molecule has 1 aromatic carbocycles. The molecule has 8 heteroatoms. The van der Waals surface area contributed by atoms with Gasteiger partial charge in [0.2, 0.25) is 15.9 Å². The van der Waals surface area contributed by atoms with Crippen LogP contribution in [-0.4, -0.2) is 51.9 Å². The number of benzene rings is 1. The van der Waals surface area contributed by atoms with Gasteiger partial charge in [0.15, 0.2) is 0 Å². The second-order valence-electron chi connectivity index (χ2n) is 6.48. The van der Waals surface area contributed by atoms with Crippen molar-refractivity contribution in [1.82, 2.24) is 14.9 Å². The van der Waals surface area contributed by atoms with Crippen LogP contribution >= 0.6 is 15.9 Å². The van der Waals surface area contributed by atoms with Gasteiger partial charge in [-0.2, -0.15) is 0 Å². The number of nitrogens with one attached hydrogen (secondary N) is 2. The maximum absolute atomic E-state index is 12.1. The summed E-state index contributed by atoms with van der Waals surface area (Å²) in [5.74, 6) is 0.659. The lowest BCUT2D eigenvalue weighted by Gasteiger charge is -2.30. The van der Waals surface area contributed by atoms with E-state index in [1.54, 1.807) is 12.1 Å². The van der Waals surface area contributed by atoms with Gasteiger partial charge >= 0.3 is 0 Å². The summed E-state index contributed by atoms with van der Waals surface area (Å²) >= 11 is 3.25. The summed E-state index contributed by atoms with van der Waals surface area (Å²) in [7, 11) is -3.59. The first-order valence-electron chi connectivity index (χ1n) is 8.61. The Morgan fingerprint density at radius 3 is 2.68 bits per heavy atom. The molecule has 0 atom stereocenters.